The van der Waals surface area contributed by atoms with Crippen LogP contribution in [0.15, 0.2) is 59.1 Å². The molecule has 0 spiro atoms. The number of benzene rings is 3. The van der Waals surface area contributed by atoms with Crippen LogP contribution >= 0.6 is 11.8 Å². The van der Waals surface area contributed by atoms with Crippen molar-refractivity contribution in [2.75, 3.05) is 10.8 Å². The summed E-state index contributed by atoms with van der Waals surface area (Å²) in [4.78, 5) is 4.33. The minimum Gasteiger partial charge on any atom is -0.333 e. The van der Waals surface area contributed by atoms with E-state index < -0.39 is 0 Å². The van der Waals surface area contributed by atoms with Crippen LogP contribution in [0.25, 0.3) is 22.3 Å². The lowest BCUT2D eigenvalue weighted by molar-refractivity contribution is 0.568. The molecule has 0 saturated carbocycles. The smallest absolute Gasteiger partial charge is 0.0729 e. The van der Waals surface area contributed by atoms with E-state index in [-0.39, 0.29) is 21.7 Å². The standard InChI is InChI=1S/C42H57NS/c1-27-18-34(28-20-30(39(2,3)4)24-31(21-28)40(5,6)7)38(43-26-44-37-17-15-14-16-36(37)43)35(19-27)29-22-32(41(8,9)10)25-33(23-29)42(11,12)13/h18-25H,14-17,26H2,1-13H3. The molecule has 1 nitrogen and oxygen atoms in total. The molecule has 0 bridgehead atoms. The molecule has 3 aromatic rings. The Balaban J connectivity index is 1.88. The fraction of sp³-hybridized carbons (Fsp3) is 0.524. The van der Waals surface area contributed by atoms with E-state index in [4.69, 9.17) is 0 Å². The first-order chi connectivity index (χ1) is 20.2. The van der Waals surface area contributed by atoms with Gasteiger partial charge in [-0.15, -0.1) is 11.8 Å². The molecule has 2 aliphatic rings. The second kappa shape index (κ2) is 11.4. The zero-order valence-corrected chi connectivity index (χ0v) is 30.8. The number of rotatable bonds is 3. The molecule has 0 radical (unpaired) electrons. The Morgan fingerprint density at radius 1 is 0.523 bits per heavy atom. The molecule has 1 aliphatic carbocycles. The highest BCUT2D eigenvalue weighted by molar-refractivity contribution is 8.03. The average molecular weight is 608 g/mol. The van der Waals surface area contributed by atoms with Crippen molar-refractivity contribution in [2.24, 2.45) is 0 Å². The summed E-state index contributed by atoms with van der Waals surface area (Å²) in [5.74, 6) is 1.00. The predicted octanol–water partition coefficient (Wildman–Crippen LogP) is 12.8. The fourth-order valence-corrected chi connectivity index (χ4v) is 7.77. The van der Waals surface area contributed by atoms with E-state index in [9.17, 15) is 0 Å². The summed E-state index contributed by atoms with van der Waals surface area (Å²) in [6, 6.07) is 19.8. The van der Waals surface area contributed by atoms with Crippen LogP contribution in [0, 0.1) is 6.92 Å². The highest BCUT2D eigenvalue weighted by Crippen LogP contribution is 2.51. The number of allylic oxidation sites excluding steroid dienone is 2. The topological polar surface area (TPSA) is 3.24 Å². The second-order valence-electron chi connectivity index (χ2n) is 17.6. The van der Waals surface area contributed by atoms with Crippen molar-refractivity contribution in [3.63, 3.8) is 0 Å². The maximum Gasteiger partial charge on any atom is 0.0729 e. The van der Waals surface area contributed by atoms with Gasteiger partial charge in [0, 0.05) is 21.7 Å². The van der Waals surface area contributed by atoms with Crippen molar-refractivity contribution >= 4 is 17.4 Å². The SMILES string of the molecule is Cc1cc(-c2cc(C(C)(C)C)cc(C(C)(C)C)c2)c(N2CSC3=C2CCCC3)c(-c2cc(C(C)(C)C)cc(C(C)(C)C)c2)c1. The minimum absolute atomic E-state index is 0.0635. The van der Waals surface area contributed by atoms with E-state index in [0.29, 0.717) is 0 Å². The van der Waals surface area contributed by atoms with Gasteiger partial charge in [-0.2, -0.15) is 0 Å². The van der Waals surface area contributed by atoms with E-state index in [1.165, 1.54) is 81.4 Å². The Morgan fingerprint density at radius 2 is 0.909 bits per heavy atom. The molecule has 0 aromatic heterocycles. The Morgan fingerprint density at radius 3 is 1.30 bits per heavy atom. The van der Waals surface area contributed by atoms with Crippen LogP contribution in [0.4, 0.5) is 5.69 Å². The van der Waals surface area contributed by atoms with Crippen LogP contribution in [-0.4, -0.2) is 5.88 Å². The molecule has 0 unspecified atom stereocenters. The molecule has 0 fully saturated rings. The number of nitrogens with zero attached hydrogens (tertiary/aromatic N) is 1. The maximum atomic E-state index is 2.71. The van der Waals surface area contributed by atoms with Crippen LogP contribution in [0.2, 0.25) is 0 Å². The zero-order valence-electron chi connectivity index (χ0n) is 30.0. The van der Waals surface area contributed by atoms with Gasteiger partial charge in [-0.25, -0.2) is 0 Å². The third-order valence-corrected chi connectivity index (χ3v) is 10.7. The van der Waals surface area contributed by atoms with Crippen LogP contribution in [-0.2, 0) is 21.7 Å². The van der Waals surface area contributed by atoms with Gasteiger partial charge in [0.15, 0.2) is 0 Å². The molecule has 2 heteroatoms. The van der Waals surface area contributed by atoms with Gasteiger partial charge in [-0.05, 0) is 105 Å². The molecule has 0 amide bonds. The molecule has 0 saturated heterocycles. The zero-order chi connectivity index (χ0) is 32.4. The first kappa shape index (κ1) is 32.9. The van der Waals surface area contributed by atoms with E-state index in [0.717, 1.165) is 5.88 Å². The normalized spacial score (nSPS) is 16.5. The molecule has 0 atom stereocenters. The van der Waals surface area contributed by atoms with E-state index in [1.54, 1.807) is 10.6 Å². The Hall–Kier alpha value is -2.45. The summed E-state index contributed by atoms with van der Waals surface area (Å²) in [7, 11) is 0. The van der Waals surface area contributed by atoms with Gasteiger partial charge in [-0.1, -0.05) is 119 Å². The van der Waals surface area contributed by atoms with Crippen molar-refractivity contribution in [1.82, 2.24) is 0 Å². The van der Waals surface area contributed by atoms with Crippen molar-refractivity contribution in [3.05, 3.63) is 87.0 Å². The number of hydrogen-bond acceptors (Lipinski definition) is 2. The molecular formula is C42H57NS. The number of aryl methyl sites for hydroxylation is 1. The fourth-order valence-electron chi connectivity index (χ4n) is 6.53. The van der Waals surface area contributed by atoms with E-state index in [1.807, 2.05) is 0 Å². The minimum atomic E-state index is 0.0635. The third-order valence-electron chi connectivity index (χ3n) is 9.56. The summed E-state index contributed by atoms with van der Waals surface area (Å²) in [5, 5.41) is 0. The highest BCUT2D eigenvalue weighted by Gasteiger charge is 2.32. The van der Waals surface area contributed by atoms with Gasteiger partial charge in [0.1, 0.15) is 0 Å². The second-order valence-corrected chi connectivity index (χ2v) is 18.6. The maximum absolute atomic E-state index is 2.71. The summed E-state index contributed by atoms with van der Waals surface area (Å²) in [6.45, 7) is 30.5. The highest BCUT2D eigenvalue weighted by atomic mass is 32.2. The lowest BCUT2D eigenvalue weighted by Gasteiger charge is -2.32. The number of anilines is 1. The quantitative estimate of drug-likeness (QED) is 0.291. The first-order valence-electron chi connectivity index (χ1n) is 16.8. The molecule has 1 heterocycles. The van der Waals surface area contributed by atoms with Crippen molar-refractivity contribution in [3.8, 4) is 22.3 Å². The number of thioether (sulfide) groups is 1. The van der Waals surface area contributed by atoms with Gasteiger partial charge < -0.3 is 4.90 Å². The summed E-state index contributed by atoms with van der Waals surface area (Å²) in [5.41, 5.74) is 15.6. The summed E-state index contributed by atoms with van der Waals surface area (Å²) in [6.07, 6.45) is 5.01. The molecule has 0 N–H and O–H groups in total. The molecule has 3 aromatic carbocycles. The number of hydrogen-bond donors (Lipinski definition) is 0. The van der Waals surface area contributed by atoms with Crippen LogP contribution < -0.4 is 4.90 Å². The van der Waals surface area contributed by atoms with Crippen LogP contribution in [0.5, 0.6) is 0 Å². The Kier molecular flexibility index (Phi) is 8.54. The third kappa shape index (κ3) is 6.72. The van der Waals surface area contributed by atoms with Crippen LogP contribution in [0.1, 0.15) is 137 Å². The summed E-state index contributed by atoms with van der Waals surface area (Å²) >= 11 is 2.08. The van der Waals surface area contributed by atoms with Gasteiger partial charge in [0.05, 0.1) is 11.6 Å². The Labute approximate surface area is 273 Å². The molecule has 236 valence electrons. The van der Waals surface area contributed by atoms with Gasteiger partial charge in [0.25, 0.3) is 0 Å². The summed E-state index contributed by atoms with van der Waals surface area (Å²) < 4.78 is 0. The molecule has 44 heavy (non-hydrogen) atoms. The monoisotopic (exact) mass is 607 g/mol. The van der Waals surface area contributed by atoms with Crippen molar-refractivity contribution in [1.29, 1.82) is 0 Å². The van der Waals surface area contributed by atoms with Crippen LogP contribution in [0.3, 0.4) is 0 Å². The van der Waals surface area contributed by atoms with Crippen molar-refractivity contribution in [2.45, 2.75) is 137 Å². The molecule has 1 aliphatic heterocycles. The Bertz CT molecular complexity index is 1430. The van der Waals surface area contributed by atoms with Gasteiger partial charge >= 0.3 is 0 Å². The van der Waals surface area contributed by atoms with Gasteiger partial charge in [0.2, 0.25) is 0 Å². The molecular weight excluding hydrogens is 551 g/mol. The molecule has 5 rings (SSSR count). The average Bonchev–Trinajstić information content (AvgIpc) is 3.34. The largest absolute Gasteiger partial charge is 0.333 e. The van der Waals surface area contributed by atoms with E-state index >= 15 is 0 Å². The lowest BCUT2D eigenvalue weighted by atomic mass is 9.77. The van der Waals surface area contributed by atoms with E-state index in [2.05, 4.69) is 155 Å². The lowest BCUT2D eigenvalue weighted by Crippen LogP contribution is -2.22. The van der Waals surface area contributed by atoms with Gasteiger partial charge in [-0.3, -0.25) is 0 Å². The predicted molar refractivity (Wildman–Crippen MR) is 197 cm³/mol. The van der Waals surface area contributed by atoms with Crippen molar-refractivity contribution < 1.29 is 0 Å². The first-order valence-corrected chi connectivity index (χ1v) is 17.8.